The van der Waals surface area contributed by atoms with Crippen LogP contribution in [0.5, 0.6) is 0 Å². The van der Waals surface area contributed by atoms with Gasteiger partial charge in [0.15, 0.2) is 5.82 Å². The molecule has 144 valence electrons. The van der Waals surface area contributed by atoms with E-state index in [1.54, 1.807) is 24.8 Å². The first-order valence-corrected chi connectivity index (χ1v) is 8.36. The molecule has 0 aromatic carbocycles. The maximum Gasteiger partial charge on any atom is 0.453 e. The number of fused-ring (bicyclic) bond motifs is 2. The standard InChI is InChI=1S/C15H17F3N8O/c1-8-6-11(26-14(19-8)22-13(24-26)15(16,17)18)20-9-4-3-5-25-12(9)21-10(23-25)7-27-2/h6,9,20H,3-5,7H2,1-2H3. The molecule has 0 amide bonds. The van der Waals surface area contributed by atoms with Gasteiger partial charge in [0.2, 0.25) is 0 Å². The van der Waals surface area contributed by atoms with E-state index in [0.29, 0.717) is 29.8 Å². The summed E-state index contributed by atoms with van der Waals surface area (Å²) in [6, 6.07) is 1.41. The number of rotatable bonds is 4. The zero-order valence-corrected chi connectivity index (χ0v) is 14.7. The Balaban J connectivity index is 1.71. The first-order chi connectivity index (χ1) is 12.8. The second-order valence-corrected chi connectivity index (χ2v) is 6.31. The minimum Gasteiger partial charge on any atom is -0.377 e. The molecule has 4 rings (SSSR count). The Kier molecular flexibility index (Phi) is 4.21. The summed E-state index contributed by atoms with van der Waals surface area (Å²) in [5.41, 5.74) is 0.531. The van der Waals surface area contributed by atoms with Crippen molar-refractivity contribution >= 4 is 11.6 Å². The van der Waals surface area contributed by atoms with Crippen LogP contribution in [0.4, 0.5) is 19.0 Å². The number of nitrogens with zero attached hydrogens (tertiary/aromatic N) is 7. The highest BCUT2D eigenvalue weighted by Gasteiger charge is 2.37. The lowest BCUT2D eigenvalue weighted by Crippen LogP contribution is -2.23. The Labute approximate surface area is 151 Å². The van der Waals surface area contributed by atoms with E-state index in [0.717, 1.165) is 23.9 Å². The van der Waals surface area contributed by atoms with Gasteiger partial charge in [0.1, 0.15) is 18.2 Å². The van der Waals surface area contributed by atoms with Gasteiger partial charge in [-0.3, -0.25) is 0 Å². The molecule has 1 unspecified atom stereocenters. The predicted molar refractivity (Wildman–Crippen MR) is 86.9 cm³/mol. The number of ether oxygens (including phenoxy) is 1. The van der Waals surface area contributed by atoms with E-state index in [2.05, 4.69) is 30.5 Å². The van der Waals surface area contributed by atoms with Gasteiger partial charge in [0.25, 0.3) is 11.6 Å². The summed E-state index contributed by atoms with van der Waals surface area (Å²) >= 11 is 0. The van der Waals surface area contributed by atoms with Crippen LogP contribution in [0.1, 0.15) is 42.1 Å². The highest BCUT2D eigenvalue weighted by Crippen LogP contribution is 2.30. The SMILES string of the molecule is COCc1nc2n(n1)CCCC2Nc1cc(C)nc2nc(C(F)(F)F)nn12. The van der Waals surface area contributed by atoms with E-state index < -0.39 is 12.0 Å². The van der Waals surface area contributed by atoms with Crippen molar-refractivity contribution in [2.24, 2.45) is 0 Å². The lowest BCUT2D eigenvalue weighted by atomic mass is 10.1. The fourth-order valence-corrected chi connectivity index (χ4v) is 3.11. The summed E-state index contributed by atoms with van der Waals surface area (Å²) in [5, 5.41) is 11.2. The van der Waals surface area contributed by atoms with Gasteiger partial charge in [-0.25, -0.2) is 14.6 Å². The van der Waals surface area contributed by atoms with Gasteiger partial charge >= 0.3 is 6.18 Å². The molecule has 1 aliphatic rings. The van der Waals surface area contributed by atoms with Gasteiger partial charge < -0.3 is 10.1 Å². The summed E-state index contributed by atoms with van der Waals surface area (Å²) in [5.74, 6) is 0.319. The fourth-order valence-electron chi connectivity index (χ4n) is 3.11. The van der Waals surface area contributed by atoms with Crippen molar-refractivity contribution in [3.8, 4) is 0 Å². The first kappa shape index (κ1) is 17.6. The molecule has 0 radical (unpaired) electrons. The van der Waals surface area contributed by atoms with E-state index in [-0.39, 0.29) is 11.8 Å². The second-order valence-electron chi connectivity index (χ2n) is 6.31. The molecule has 3 aromatic rings. The molecule has 9 nitrogen and oxygen atoms in total. The molecular formula is C15H17F3N8O. The van der Waals surface area contributed by atoms with Crippen molar-refractivity contribution in [3.05, 3.63) is 29.2 Å². The molecule has 1 atom stereocenters. The Morgan fingerprint density at radius 3 is 2.81 bits per heavy atom. The zero-order chi connectivity index (χ0) is 19.2. The molecule has 4 heterocycles. The van der Waals surface area contributed by atoms with Crippen LogP contribution in [0.2, 0.25) is 0 Å². The molecule has 27 heavy (non-hydrogen) atoms. The molecule has 0 fully saturated rings. The molecule has 1 N–H and O–H groups in total. The lowest BCUT2D eigenvalue weighted by Gasteiger charge is -2.24. The number of anilines is 1. The predicted octanol–water partition coefficient (Wildman–Crippen LogP) is 2.14. The maximum atomic E-state index is 13.0. The smallest absolute Gasteiger partial charge is 0.377 e. The molecule has 0 bridgehead atoms. The molecule has 0 saturated heterocycles. The summed E-state index contributed by atoms with van der Waals surface area (Å²) < 4.78 is 46.8. The molecule has 12 heteroatoms. The Bertz CT molecular complexity index is 979. The molecule has 0 spiro atoms. The van der Waals surface area contributed by atoms with Crippen molar-refractivity contribution < 1.29 is 17.9 Å². The third kappa shape index (κ3) is 3.31. The van der Waals surface area contributed by atoms with Gasteiger partial charge in [0.05, 0.1) is 6.04 Å². The van der Waals surface area contributed by atoms with Crippen molar-refractivity contribution in [1.29, 1.82) is 0 Å². The number of alkyl halides is 3. The number of methoxy groups -OCH3 is 1. The number of aromatic nitrogens is 7. The Hall–Kier alpha value is -2.76. The van der Waals surface area contributed by atoms with Crippen LogP contribution >= 0.6 is 0 Å². The van der Waals surface area contributed by atoms with E-state index in [1.165, 1.54) is 0 Å². The number of halogens is 3. The normalized spacial score (nSPS) is 17.3. The van der Waals surface area contributed by atoms with Crippen LogP contribution in [-0.4, -0.2) is 41.5 Å². The van der Waals surface area contributed by atoms with Gasteiger partial charge in [-0.1, -0.05) is 0 Å². The summed E-state index contributed by atoms with van der Waals surface area (Å²) in [7, 11) is 1.56. The van der Waals surface area contributed by atoms with Gasteiger partial charge in [-0.15, -0.1) is 5.10 Å². The van der Waals surface area contributed by atoms with Crippen LogP contribution in [0.25, 0.3) is 5.78 Å². The lowest BCUT2D eigenvalue weighted by molar-refractivity contribution is -0.144. The van der Waals surface area contributed by atoms with Crippen molar-refractivity contribution in [3.63, 3.8) is 0 Å². The summed E-state index contributed by atoms with van der Waals surface area (Å²) in [4.78, 5) is 12.0. The third-order valence-corrected chi connectivity index (χ3v) is 4.21. The Morgan fingerprint density at radius 1 is 1.26 bits per heavy atom. The second kappa shape index (κ2) is 6.44. The average Bonchev–Trinajstić information content (AvgIpc) is 3.19. The summed E-state index contributed by atoms with van der Waals surface area (Å²) in [6.45, 7) is 2.72. The Morgan fingerprint density at radius 2 is 2.07 bits per heavy atom. The minimum absolute atomic E-state index is 0.109. The van der Waals surface area contributed by atoms with Crippen LogP contribution in [0.15, 0.2) is 6.07 Å². The van der Waals surface area contributed by atoms with Crippen LogP contribution in [-0.2, 0) is 24.1 Å². The third-order valence-electron chi connectivity index (χ3n) is 4.21. The molecule has 1 aliphatic heterocycles. The van der Waals surface area contributed by atoms with E-state index in [9.17, 15) is 13.2 Å². The van der Waals surface area contributed by atoms with Crippen molar-refractivity contribution in [1.82, 2.24) is 34.3 Å². The molecule has 3 aromatic heterocycles. The average molecular weight is 382 g/mol. The first-order valence-electron chi connectivity index (χ1n) is 8.36. The largest absolute Gasteiger partial charge is 0.453 e. The van der Waals surface area contributed by atoms with Crippen molar-refractivity contribution in [2.45, 2.75) is 45.1 Å². The number of aryl methyl sites for hydroxylation is 2. The monoisotopic (exact) mass is 382 g/mol. The molecule has 0 saturated carbocycles. The number of nitrogens with one attached hydrogen (secondary N) is 1. The van der Waals surface area contributed by atoms with Crippen molar-refractivity contribution in [2.75, 3.05) is 12.4 Å². The number of hydrogen-bond donors (Lipinski definition) is 1. The fraction of sp³-hybridized carbons (Fsp3) is 0.533. The van der Waals surface area contributed by atoms with Gasteiger partial charge in [-0.2, -0.15) is 27.8 Å². The van der Waals surface area contributed by atoms with Crippen LogP contribution < -0.4 is 5.32 Å². The van der Waals surface area contributed by atoms with E-state index in [1.807, 2.05) is 0 Å². The highest BCUT2D eigenvalue weighted by atomic mass is 19.4. The van der Waals surface area contributed by atoms with E-state index >= 15 is 0 Å². The van der Waals surface area contributed by atoms with E-state index in [4.69, 9.17) is 4.74 Å². The topological polar surface area (TPSA) is 95.0 Å². The van der Waals surface area contributed by atoms with Crippen LogP contribution in [0.3, 0.4) is 0 Å². The minimum atomic E-state index is -4.64. The molecule has 0 aliphatic carbocycles. The number of hydrogen-bond acceptors (Lipinski definition) is 7. The van der Waals surface area contributed by atoms with Gasteiger partial charge in [-0.05, 0) is 19.8 Å². The quantitative estimate of drug-likeness (QED) is 0.739. The maximum absolute atomic E-state index is 13.0. The summed E-state index contributed by atoms with van der Waals surface area (Å²) in [6.07, 6.45) is -3.02. The zero-order valence-electron chi connectivity index (χ0n) is 14.7. The van der Waals surface area contributed by atoms with Gasteiger partial charge in [0, 0.05) is 25.4 Å². The highest BCUT2D eigenvalue weighted by molar-refractivity contribution is 5.46. The van der Waals surface area contributed by atoms with Crippen LogP contribution in [0, 0.1) is 6.92 Å². The molecular weight excluding hydrogens is 365 g/mol.